The first kappa shape index (κ1) is 26.1. The van der Waals surface area contributed by atoms with Crippen LogP contribution in [0.4, 0.5) is 33.7 Å². The molecule has 0 radical (unpaired) electrons. The number of anilines is 2. The largest absolute Gasteiger partial charge is 0.478 e. The number of halogens is 4. The van der Waals surface area contributed by atoms with Crippen LogP contribution in [0.2, 0.25) is 0 Å². The Morgan fingerprint density at radius 1 is 1.14 bits per heavy atom. The van der Waals surface area contributed by atoms with Crippen molar-refractivity contribution in [3.05, 3.63) is 47.8 Å². The molecule has 9 nitrogen and oxygen atoms in total. The average molecular weight is 520 g/mol. The molecule has 1 aliphatic heterocycles. The van der Waals surface area contributed by atoms with Crippen molar-refractivity contribution in [3.8, 4) is 5.75 Å². The van der Waals surface area contributed by atoms with Crippen molar-refractivity contribution in [2.75, 3.05) is 16.2 Å². The molecule has 1 aliphatic rings. The summed E-state index contributed by atoms with van der Waals surface area (Å²) in [7, 11) is -4.84. The van der Waals surface area contributed by atoms with Gasteiger partial charge in [-0.25, -0.2) is 22.4 Å². The van der Waals surface area contributed by atoms with Crippen molar-refractivity contribution < 1.29 is 50.1 Å². The van der Waals surface area contributed by atoms with Gasteiger partial charge in [-0.2, -0.15) is 13.2 Å². The van der Waals surface area contributed by atoms with Gasteiger partial charge in [-0.1, -0.05) is 0 Å². The van der Waals surface area contributed by atoms with Gasteiger partial charge in [-0.05, 0) is 57.2 Å². The number of nitrogens with zero attached hydrogens (tertiary/aromatic N) is 1. The van der Waals surface area contributed by atoms with Crippen LogP contribution in [0, 0.1) is 5.82 Å². The lowest BCUT2D eigenvalue weighted by Crippen LogP contribution is -2.47. The fourth-order valence-corrected chi connectivity index (χ4v) is 4.61. The first-order chi connectivity index (χ1) is 16.0. The summed E-state index contributed by atoms with van der Waals surface area (Å²) >= 11 is 0. The van der Waals surface area contributed by atoms with Crippen molar-refractivity contribution in [2.45, 2.75) is 43.5 Å². The third kappa shape index (κ3) is 5.75. The number of aliphatic carboxylic acids is 1. The minimum atomic E-state index is -5.17. The van der Waals surface area contributed by atoms with Gasteiger partial charge < -0.3 is 14.6 Å². The fraction of sp³-hybridized carbons (Fsp3) is 0.333. The summed E-state index contributed by atoms with van der Waals surface area (Å²) in [5.41, 5.74) is -2.87. The number of ether oxygens (including phenoxy) is 2. The van der Waals surface area contributed by atoms with Gasteiger partial charge in [0.15, 0.2) is 0 Å². The number of alkyl halides is 3. The van der Waals surface area contributed by atoms with Gasteiger partial charge in [-0.15, -0.1) is 0 Å². The molecule has 190 valence electrons. The molecule has 1 heterocycles. The normalized spacial score (nSPS) is 16.2. The number of sulfonamides is 1. The number of amides is 1. The number of rotatable bonds is 4. The lowest BCUT2D eigenvalue weighted by atomic mass is 10.2. The quantitative estimate of drug-likeness (QED) is 0.579. The molecular formula is C21H20F4N2O7S. The monoisotopic (exact) mass is 520 g/mol. The first-order valence-corrected chi connectivity index (χ1v) is 11.4. The molecule has 0 saturated carbocycles. The van der Waals surface area contributed by atoms with Crippen molar-refractivity contribution >= 4 is 33.5 Å². The molecule has 0 aliphatic carbocycles. The highest BCUT2D eigenvalue weighted by molar-refractivity contribution is 7.92. The summed E-state index contributed by atoms with van der Waals surface area (Å²) in [4.78, 5) is 22.7. The molecule has 2 N–H and O–H groups in total. The van der Waals surface area contributed by atoms with Gasteiger partial charge >= 0.3 is 18.2 Å². The highest BCUT2D eigenvalue weighted by Gasteiger charge is 2.40. The summed E-state index contributed by atoms with van der Waals surface area (Å²) in [6.07, 6.45) is -7.74. The number of nitrogens with one attached hydrogen (secondary N) is 1. The van der Waals surface area contributed by atoms with Gasteiger partial charge in [0.25, 0.3) is 10.0 Å². The summed E-state index contributed by atoms with van der Waals surface area (Å²) in [6.45, 7) is 4.04. The van der Waals surface area contributed by atoms with E-state index in [1.807, 2.05) is 0 Å². The number of carbonyl (C=O) groups is 2. The van der Waals surface area contributed by atoms with Gasteiger partial charge in [0.1, 0.15) is 17.2 Å². The summed E-state index contributed by atoms with van der Waals surface area (Å²) in [5.74, 6) is -3.42. The van der Waals surface area contributed by atoms with Crippen LogP contribution in [0.5, 0.6) is 5.75 Å². The zero-order valence-electron chi connectivity index (χ0n) is 18.5. The second-order valence-electron chi connectivity index (χ2n) is 8.43. The van der Waals surface area contributed by atoms with Crippen LogP contribution in [0.1, 0.15) is 26.3 Å². The van der Waals surface area contributed by atoms with E-state index in [1.54, 1.807) is 20.8 Å². The number of hydrogen-bond donors (Lipinski definition) is 2. The molecule has 0 saturated heterocycles. The topological polar surface area (TPSA) is 122 Å². The number of hydrogen-bond acceptors (Lipinski definition) is 6. The van der Waals surface area contributed by atoms with Gasteiger partial charge in [-0.3, -0.25) is 9.62 Å². The van der Waals surface area contributed by atoms with Crippen LogP contribution in [0.25, 0.3) is 0 Å². The summed E-state index contributed by atoms with van der Waals surface area (Å²) < 4.78 is 90.8. The van der Waals surface area contributed by atoms with Crippen LogP contribution in [-0.4, -0.2) is 43.8 Å². The zero-order valence-corrected chi connectivity index (χ0v) is 19.3. The van der Waals surface area contributed by atoms with Crippen LogP contribution in [-0.2, 0) is 25.7 Å². The predicted molar refractivity (Wildman–Crippen MR) is 114 cm³/mol. The number of fused-ring (bicyclic) bond motifs is 1. The summed E-state index contributed by atoms with van der Waals surface area (Å²) in [5, 5.41) is 11.7. The number of carboxylic acids is 1. The number of carboxylic acid groups (broad SMARTS) is 1. The standard InChI is InChI=1S/C21H20F4N2O7S/c1-20(2,3)34-19(30)26-11-4-7-16-15(8-11)27(10-17(33-16)18(28)29)35(31,32)12-5-6-14(22)13(9-12)21(23,24)25/h4-9,17H,10H2,1-3H3,(H,26,30)(H,28,29)/t17-/m1/s1. The molecule has 0 fully saturated rings. The first-order valence-electron chi connectivity index (χ1n) is 9.92. The molecule has 35 heavy (non-hydrogen) atoms. The third-order valence-corrected chi connectivity index (χ3v) is 6.36. The van der Waals surface area contributed by atoms with Gasteiger partial charge in [0.05, 0.1) is 22.7 Å². The molecule has 1 atom stereocenters. The Kier molecular flexibility index (Phi) is 6.63. The third-order valence-electron chi connectivity index (χ3n) is 4.58. The maximum Gasteiger partial charge on any atom is 0.419 e. The molecule has 2 aromatic rings. The Morgan fingerprint density at radius 2 is 1.80 bits per heavy atom. The molecule has 0 spiro atoms. The zero-order chi connectivity index (χ0) is 26.3. The van der Waals surface area contributed by atoms with Crippen molar-refractivity contribution in [3.63, 3.8) is 0 Å². The molecule has 0 aromatic heterocycles. The minimum Gasteiger partial charge on any atom is -0.478 e. The van der Waals surface area contributed by atoms with Crippen LogP contribution in [0.15, 0.2) is 41.3 Å². The van der Waals surface area contributed by atoms with E-state index in [9.17, 15) is 40.7 Å². The maximum atomic E-state index is 13.7. The Labute approximate surface area is 197 Å². The number of benzene rings is 2. The fourth-order valence-electron chi connectivity index (χ4n) is 3.12. The molecule has 2 aromatic carbocycles. The molecule has 3 rings (SSSR count). The molecule has 1 amide bonds. The summed E-state index contributed by atoms with van der Waals surface area (Å²) in [6, 6.07) is 4.71. The second kappa shape index (κ2) is 8.91. The Hall–Kier alpha value is -3.55. The van der Waals surface area contributed by atoms with Gasteiger partial charge in [0.2, 0.25) is 6.10 Å². The lowest BCUT2D eigenvalue weighted by molar-refractivity contribution is -0.144. The minimum absolute atomic E-state index is 0.0330. The van der Waals surface area contributed by atoms with E-state index in [0.29, 0.717) is 16.4 Å². The van der Waals surface area contributed by atoms with Gasteiger partial charge in [0, 0.05) is 5.69 Å². The van der Waals surface area contributed by atoms with Crippen LogP contribution >= 0.6 is 0 Å². The number of carbonyl (C=O) groups excluding carboxylic acids is 1. The Morgan fingerprint density at radius 3 is 2.37 bits per heavy atom. The van der Waals surface area contributed by atoms with E-state index in [0.717, 1.165) is 6.07 Å². The van der Waals surface area contributed by atoms with Crippen LogP contribution in [0.3, 0.4) is 0 Å². The molecule has 0 unspecified atom stereocenters. The SMILES string of the molecule is CC(C)(C)OC(=O)Nc1ccc2c(c1)N(S(=O)(=O)c1ccc(F)c(C(F)(F)F)c1)C[C@H](C(=O)O)O2. The maximum absolute atomic E-state index is 13.7. The van der Waals surface area contributed by atoms with E-state index in [-0.39, 0.29) is 23.2 Å². The Bertz CT molecular complexity index is 1270. The smallest absolute Gasteiger partial charge is 0.419 e. The lowest BCUT2D eigenvalue weighted by Gasteiger charge is -2.34. The second-order valence-corrected chi connectivity index (χ2v) is 10.3. The van der Waals surface area contributed by atoms with E-state index in [2.05, 4.69) is 5.32 Å². The predicted octanol–water partition coefficient (Wildman–Crippen LogP) is 4.23. The van der Waals surface area contributed by atoms with Crippen molar-refractivity contribution in [1.82, 2.24) is 0 Å². The van der Waals surface area contributed by atoms with E-state index >= 15 is 0 Å². The highest BCUT2D eigenvalue weighted by Crippen LogP contribution is 2.40. The van der Waals surface area contributed by atoms with E-state index in [4.69, 9.17) is 9.47 Å². The molecular weight excluding hydrogens is 500 g/mol. The van der Waals surface area contributed by atoms with Crippen LogP contribution < -0.4 is 14.4 Å². The van der Waals surface area contributed by atoms with E-state index in [1.165, 1.54) is 12.1 Å². The Balaban J connectivity index is 2.08. The molecule has 0 bridgehead atoms. The van der Waals surface area contributed by atoms with Crippen molar-refractivity contribution in [1.29, 1.82) is 0 Å². The highest BCUT2D eigenvalue weighted by atomic mass is 32.2. The average Bonchev–Trinajstić information content (AvgIpc) is 2.70. The molecule has 14 heteroatoms. The van der Waals surface area contributed by atoms with E-state index < -0.39 is 62.8 Å². The van der Waals surface area contributed by atoms with Crippen molar-refractivity contribution in [2.24, 2.45) is 0 Å².